The lowest BCUT2D eigenvalue weighted by Crippen LogP contribution is -2.29. The number of carboxylic acid groups (broad SMARTS) is 1. The lowest BCUT2D eigenvalue weighted by Gasteiger charge is -2.18. The fourth-order valence-corrected chi connectivity index (χ4v) is 4.35. The molecule has 0 saturated carbocycles. The summed E-state index contributed by atoms with van der Waals surface area (Å²) in [6.45, 7) is 1.49. The summed E-state index contributed by atoms with van der Waals surface area (Å²) in [5.41, 5.74) is 15.3. The average Bonchev–Trinajstić information content (AvgIpc) is 2.75. The zero-order valence-electron chi connectivity index (χ0n) is 18.9. The van der Waals surface area contributed by atoms with Gasteiger partial charge in [-0.3, -0.25) is 14.3 Å². The molecule has 0 aliphatic carbocycles. The number of oxime groups is 1. The summed E-state index contributed by atoms with van der Waals surface area (Å²) in [6.07, 6.45) is -5.08. The molecule has 0 spiro atoms. The van der Waals surface area contributed by atoms with Gasteiger partial charge >= 0.3 is 12.1 Å². The molecule has 0 bridgehead atoms. The Morgan fingerprint density at radius 1 is 1.24 bits per heavy atom. The molecule has 13 nitrogen and oxygen atoms in total. The largest absolute Gasteiger partial charge is 0.490 e. The highest BCUT2D eigenvalue weighted by atomic mass is 79.9. The molecular weight excluding hydrogens is 593 g/mol. The number of primary amides is 1. The van der Waals surface area contributed by atoms with Crippen LogP contribution in [0.2, 0.25) is 0 Å². The third-order valence-electron chi connectivity index (χ3n) is 4.17. The van der Waals surface area contributed by atoms with Crippen LogP contribution in [0.4, 0.5) is 18.9 Å². The lowest BCUT2D eigenvalue weighted by molar-refractivity contribution is -0.192. The van der Waals surface area contributed by atoms with E-state index in [-0.39, 0.29) is 35.1 Å². The van der Waals surface area contributed by atoms with Crippen molar-refractivity contribution < 1.29 is 41.1 Å². The molecule has 0 aliphatic heterocycles. The highest BCUT2D eigenvalue weighted by Crippen LogP contribution is 2.28. The van der Waals surface area contributed by atoms with Gasteiger partial charge in [0.25, 0.3) is 15.6 Å². The predicted octanol–water partition coefficient (Wildman–Crippen LogP) is 1.04. The minimum Gasteiger partial charge on any atom is -0.475 e. The zero-order valence-corrected chi connectivity index (χ0v) is 21.3. The van der Waals surface area contributed by atoms with Crippen LogP contribution in [0.15, 0.2) is 49.7 Å². The molecule has 2 aromatic rings. The van der Waals surface area contributed by atoms with Crippen LogP contribution >= 0.6 is 15.9 Å². The first-order chi connectivity index (χ1) is 17.0. The molecule has 1 aromatic heterocycles. The number of H-pyrrole nitrogens is 1. The minimum atomic E-state index is -5.08. The Morgan fingerprint density at radius 2 is 1.84 bits per heavy atom. The number of hydrogen-bond acceptors (Lipinski definition) is 7. The van der Waals surface area contributed by atoms with Gasteiger partial charge < -0.3 is 32.1 Å². The number of nitrogens with two attached hydrogens (primary N) is 3. The molecule has 1 unspecified atom stereocenters. The van der Waals surface area contributed by atoms with E-state index in [4.69, 9.17) is 31.9 Å². The summed E-state index contributed by atoms with van der Waals surface area (Å²) in [5, 5.41) is 10.5. The van der Waals surface area contributed by atoms with Gasteiger partial charge in [0.15, 0.2) is 0 Å². The van der Waals surface area contributed by atoms with Gasteiger partial charge in [0.1, 0.15) is 12.3 Å². The summed E-state index contributed by atoms with van der Waals surface area (Å²) in [7, 11) is -4.13. The Labute approximate surface area is 216 Å². The molecule has 18 heteroatoms. The Morgan fingerprint density at radius 3 is 2.32 bits per heavy atom. The van der Waals surface area contributed by atoms with Gasteiger partial charge in [0, 0.05) is 10.2 Å². The van der Waals surface area contributed by atoms with Gasteiger partial charge in [-0.25, -0.2) is 13.2 Å². The number of halogens is 4. The van der Waals surface area contributed by atoms with Crippen LogP contribution in [0.5, 0.6) is 0 Å². The van der Waals surface area contributed by atoms with E-state index in [9.17, 15) is 31.2 Å². The summed E-state index contributed by atoms with van der Waals surface area (Å²) >= 11 is 3.20. The van der Waals surface area contributed by atoms with Crippen molar-refractivity contribution >= 4 is 49.5 Å². The van der Waals surface area contributed by atoms with Crippen LogP contribution in [0.1, 0.15) is 23.6 Å². The summed E-state index contributed by atoms with van der Waals surface area (Å²) in [5.74, 6) is -4.88. The van der Waals surface area contributed by atoms with Crippen molar-refractivity contribution in [1.29, 1.82) is 0 Å². The third kappa shape index (κ3) is 10.00. The Bertz CT molecular complexity index is 1330. The number of amides is 1. The third-order valence-corrected chi connectivity index (χ3v) is 6.01. The number of aromatic nitrogens is 1. The minimum absolute atomic E-state index is 0.000615. The van der Waals surface area contributed by atoms with Crippen LogP contribution in [-0.2, 0) is 24.4 Å². The predicted molar refractivity (Wildman–Crippen MR) is 129 cm³/mol. The number of aliphatic carboxylic acids is 1. The second-order valence-corrected chi connectivity index (χ2v) is 9.67. The van der Waals surface area contributed by atoms with Crippen LogP contribution in [0.25, 0.3) is 0 Å². The van der Waals surface area contributed by atoms with E-state index < -0.39 is 39.6 Å². The van der Waals surface area contributed by atoms with Crippen molar-refractivity contribution in [2.45, 2.75) is 30.3 Å². The molecule has 1 heterocycles. The number of guanidine groups is 1. The van der Waals surface area contributed by atoms with E-state index in [1.54, 1.807) is 13.0 Å². The number of nitrogens with zero attached hydrogens (tertiary/aromatic N) is 1. The maximum atomic E-state index is 12.8. The van der Waals surface area contributed by atoms with Crippen molar-refractivity contribution in [2.75, 3.05) is 11.3 Å². The molecule has 0 saturated heterocycles. The maximum Gasteiger partial charge on any atom is 0.490 e. The van der Waals surface area contributed by atoms with Gasteiger partial charge in [-0.1, -0.05) is 22.0 Å². The van der Waals surface area contributed by atoms with Gasteiger partial charge in [-0.05, 0) is 48.3 Å². The highest BCUT2D eigenvalue weighted by molar-refractivity contribution is 9.10. The van der Waals surface area contributed by atoms with Gasteiger partial charge in [-0.15, -0.1) is 0 Å². The molecule has 1 atom stereocenters. The number of anilines is 1. The number of alkyl halides is 3. The number of carbonyl (C=O) groups excluding carboxylic acids is 1. The highest BCUT2D eigenvalue weighted by Gasteiger charge is 2.38. The molecule has 37 heavy (non-hydrogen) atoms. The summed E-state index contributed by atoms with van der Waals surface area (Å²) in [6, 6.07) is 7.40. The Kier molecular flexibility index (Phi) is 10.9. The van der Waals surface area contributed by atoms with Crippen LogP contribution < -0.4 is 27.5 Å². The summed E-state index contributed by atoms with van der Waals surface area (Å²) < 4.78 is 60.1. The monoisotopic (exact) mass is 614 g/mol. The molecular formula is C19H22BrF3N6O7S. The molecule has 0 fully saturated rings. The number of nitrogens with one attached hydrogen (secondary N) is 2. The zero-order chi connectivity index (χ0) is 28.6. The number of carbonyl (C=O) groups is 2. The molecule has 204 valence electrons. The lowest BCUT2D eigenvalue weighted by atomic mass is 9.94. The van der Waals surface area contributed by atoms with E-state index in [1.165, 1.54) is 24.3 Å². The number of benzene rings is 1. The van der Waals surface area contributed by atoms with Crippen LogP contribution in [0, 0.1) is 6.92 Å². The smallest absolute Gasteiger partial charge is 0.475 e. The molecule has 1 aromatic carbocycles. The second kappa shape index (κ2) is 12.9. The Balaban J connectivity index is 0.000000856. The van der Waals surface area contributed by atoms with Crippen molar-refractivity contribution in [3.8, 4) is 0 Å². The number of rotatable bonds is 9. The van der Waals surface area contributed by atoms with E-state index in [1.807, 2.05) is 0 Å². The summed E-state index contributed by atoms with van der Waals surface area (Å²) in [4.78, 5) is 40.8. The first-order valence-corrected chi connectivity index (χ1v) is 12.1. The number of sulfonamides is 1. The number of hydrogen-bond donors (Lipinski definition) is 6. The standard InChI is InChI=1S/C17H21BrN6O5S.C2HF3O2/c1-9-7-13(12(15(19)25)5-6-29-23-17(20)21)14(16(26)22-9)24-30(27,28)11-4-2-3-10(18)8-11;3-2(4,5)1(6)7/h2-4,7-8,12,24H,5-6H2,1H3,(H2,19,25)(H,22,26)(H4,20,21,23);(H,6,7). The van der Waals surface area contributed by atoms with E-state index in [0.29, 0.717) is 10.2 Å². The van der Waals surface area contributed by atoms with Crippen molar-refractivity contribution in [3.05, 3.63) is 56.4 Å². The van der Waals surface area contributed by atoms with Crippen molar-refractivity contribution in [2.24, 2.45) is 22.4 Å². The topological polar surface area (TPSA) is 233 Å². The number of aryl methyl sites for hydroxylation is 1. The quantitative estimate of drug-likeness (QED) is 0.102. The van der Waals surface area contributed by atoms with Crippen LogP contribution in [-0.4, -0.2) is 49.1 Å². The second-order valence-electron chi connectivity index (χ2n) is 7.07. The number of aromatic amines is 1. The number of pyridine rings is 1. The molecule has 9 N–H and O–H groups in total. The van der Waals surface area contributed by atoms with E-state index in [2.05, 4.69) is 30.8 Å². The first kappa shape index (κ1) is 31.2. The van der Waals surface area contributed by atoms with Crippen molar-refractivity contribution in [3.63, 3.8) is 0 Å². The van der Waals surface area contributed by atoms with E-state index in [0.717, 1.165) is 0 Å². The molecule has 0 radical (unpaired) electrons. The fraction of sp³-hybridized carbons (Fsp3) is 0.263. The maximum absolute atomic E-state index is 12.8. The van der Waals surface area contributed by atoms with Gasteiger partial charge in [-0.2, -0.15) is 13.2 Å². The normalized spacial score (nSPS) is 11.9. The van der Waals surface area contributed by atoms with E-state index >= 15 is 0 Å². The molecule has 1 amide bonds. The van der Waals surface area contributed by atoms with Gasteiger partial charge in [0.2, 0.25) is 11.9 Å². The van der Waals surface area contributed by atoms with Gasteiger partial charge in [0.05, 0.1) is 10.8 Å². The Hall–Kier alpha value is -3.80. The molecule has 2 rings (SSSR count). The first-order valence-electron chi connectivity index (χ1n) is 9.78. The van der Waals surface area contributed by atoms with Crippen LogP contribution in [0.3, 0.4) is 0 Å². The molecule has 0 aliphatic rings. The van der Waals surface area contributed by atoms with Crippen molar-refractivity contribution in [1.82, 2.24) is 4.98 Å². The fourth-order valence-electron chi connectivity index (χ4n) is 2.66. The SMILES string of the molecule is Cc1cc(C(CCON=C(N)N)C(N)=O)c(NS(=O)(=O)c2cccc(Br)c2)c(=O)[nH]1.O=C(O)C(F)(F)F. The number of carboxylic acids is 1. The average molecular weight is 615 g/mol.